The number of rotatable bonds is 2. The van der Waals surface area contributed by atoms with Gasteiger partial charge in [0.15, 0.2) is 0 Å². The van der Waals surface area contributed by atoms with E-state index in [1.807, 2.05) is 0 Å². The smallest absolute Gasteiger partial charge is 0.340 e. The second kappa shape index (κ2) is 4.88. The summed E-state index contributed by atoms with van der Waals surface area (Å²) >= 11 is 0. The average molecular weight is 290 g/mol. The van der Waals surface area contributed by atoms with Crippen LogP contribution < -0.4 is 0 Å². The first-order valence-corrected chi connectivity index (χ1v) is 7.24. The van der Waals surface area contributed by atoms with Crippen molar-refractivity contribution >= 4 is 16.9 Å². The average Bonchev–Trinajstić information content (AvgIpc) is 3.13. The van der Waals surface area contributed by atoms with Crippen LogP contribution in [0.4, 0.5) is 0 Å². The normalized spacial score (nSPS) is 33.6. The third-order valence-corrected chi connectivity index (χ3v) is 4.55. The van der Waals surface area contributed by atoms with Gasteiger partial charge in [0.25, 0.3) is 0 Å². The summed E-state index contributed by atoms with van der Waals surface area (Å²) in [5, 5.41) is 0.281. The number of ether oxygens (including phenoxy) is 1. The minimum absolute atomic E-state index is 0.00325. The van der Waals surface area contributed by atoms with Crippen molar-refractivity contribution in [2.24, 2.45) is 0 Å². The van der Waals surface area contributed by atoms with Gasteiger partial charge >= 0.3 is 5.97 Å². The zero-order valence-corrected chi connectivity index (χ0v) is 11.5. The molecule has 3 heterocycles. The summed E-state index contributed by atoms with van der Waals surface area (Å²) < 4.78 is 52.4. The molecule has 2 atom stereocenters. The summed E-state index contributed by atoms with van der Waals surface area (Å²) in [6, 6.07) is 0.858. The lowest BCUT2D eigenvalue weighted by atomic mass is 10.0. The lowest BCUT2D eigenvalue weighted by Gasteiger charge is -2.35. The van der Waals surface area contributed by atoms with E-state index in [0.717, 1.165) is 12.8 Å². The third-order valence-electron chi connectivity index (χ3n) is 4.55. The Bertz CT molecular complexity index is 895. The molecule has 0 saturated carbocycles. The molecule has 2 bridgehead atoms. The predicted octanol–water partition coefficient (Wildman–Crippen LogP) is 2.95. The van der Waals surface area contributed by atoms with Crippen LogP contribution >= 0.6 is 0 Å². The number of aromatic amines is 1. The van der Waals surface area contributed by atoms with Crippen LogP contribution in [0, 0.1) is 0 Å². The quantitative estimate of drug-likeness (QED) is 0.865. The van der Waals surface area contributed by atoms with Crippen molar-refractivity contribution in [3.8, 4) is 0 Å². The van der Waals surface area contributed by atoms with Crippen molar-refractivity contribution < 1.29 is 17.8 Å². The number of nitrogens with zero attached hydrogens (tertiary/aromatic N) is 1. The fourth-order valence-electron chi connectivity index (χ4n) is 3.49. The zero-order valence-electron chi connectivity index (χ0n) is 17.5. The lowest BCUT2D eigenvalue weighted by molar-refractivity contribution is -0.000258. The molecule has 2 saturated heterocycles. The first-order chi connectivity index (χ1) is 12.7. The fraction of sp³-hybridized carbons (Fsp3) is 0.471. The van der Waals surface area contributed by atoms with Gasteiger partial charge in [-0.25, -0.2) is 4.79 Å². The van der Waals surface area contributed by atoms with Crippen LogP contribution in [0.1, 0.15) is 44.3 Å². The van der Waals surface area contributed by atoms with Crippen LogP contribution in [-0.4, -0.2) is 41.0 Å². The largest absolute Gasteiger partial charge is 0.459 e. The highest BCUT2D eigenvalue weighted by Gasteiger charge is 2.40. The Morgan fingerprint density at radius 2 is 2.24 bits per heavy atom. The van der Waals surface area contributed by atoms with Crippen molar-refractivity contribution in [1.82, 2.24) is 9.88 Å². The van der Waals surface area contributed by atoms with Gasteiger partial charge in [-0.1, -0.05) is 18.2 Å². The maximum atomic E-state index is 12.7. The number of hydrogen-bond acceptors (Lipinski definition) is 3. The summed E-state index contributed by atoms with van der Waals surface area (Å²) in [6.45, 7) is -2.13. The molecule has 110 valence electrons. The van der Waals surface area contributed by atoms with E-state index in [1.54, 1.807) is 4.90 Å². The van der Waals surface area contributed by atoms with Gasteiger partial charge in [0, 0.05) is 46.1 Å². The maximum absolute atomic E-state index is 12.7. The number of carbonyl (C=O) groups is 1. The first kappa shape index (κ1) is 7.99. The van der Waals surface area contributed by atoms with Crippen molar-refractivity contribution in [3.63, 3.8) is 0 Å². The van der Waals surface area contributed by atoms with E-state index in [0.29, 0.717) is 12.8 Å². The number of hydrogen-bond donors (Lipinski definition) is 1. The summed E-state index contributed by atoms with van der Waals surface area (Å²) in [6.07, 6.45) is 3.59. The molecule has 0 amide bonds. The Morgan fingerprint density at radius 3 is 3.00 bits per heavy atom. The Labute approximate surface area is 132 Å². The Hall–Kier alpha value is -1.81. The highest BCUT2D eigenvalue weighted by atomic mass is 16.5. The minimum atomic E-state index is -2.13. The summed E-state index contributed by atoms with van der Waals surface area (Å²) in [5.41, 5.74) is 0.450. The second-order valence-corrected chi connectivity index (χ2v) is 5.80. The van der Waals surface area contributed by atoms with E-state index in [-0.39, 0.29) is 52.8 Å². The monoisotopic (exact) mass is 290 g/mol. The van der Waals surface area contributed by atoms with Crippen LogP contribution in [0.5, 0.6) is 0 Å². The van der Waals surface area contributed by atoms with Crippen LogP contribution in [0.2, 0.25) is 0 Å². The molecule has 0 spiro atoms. The van der Waals surface area contributed by atoms with Crippen molar-refractivity contribution in [3.05, 3.63) is 36.0 Å². The Balaban J connectivity index is 1.55. The van der Waals surface area contributed by atoms with Crippen LogP contribution in [0.25, 0.3) is 10.9 Å². The maximum Gasteiger partial charge on any atom is 0.340 e. The summed E-state index contributed by atoms with van der Waals surface area (Å²) in [7, 11) is 0. The SMILES string of the molecule is [2H]c1cc([2H])c2c(C(=O)OC3CC4CCC(C3)N4C([2H])([2H])[2H])c[nH]c2c1[2H]. The molecule has 0 radical (unpaired) electrons. The van der Waals surface area contributed by atoms with Gasteiger partial charge < -0.3 is 14.6 Å². The van der Waals surface area contributed by atoms with Gasteiger partial charge in [-0.05, 0) is 25.9 Å². The molecule has 4 heteroatoms. The number of nitrogens with one attached hydrogen (secondary N) is 1. The van der Waals surface area contributed by atoms with Crippen molar-refractivity contribution in [2.45, 2.75) is 43.9 Å². The van der Waals surface area contributed by atoms with E-state index in [2.05, 4.69) is 4.98 Å². The molecule has 2 aliphatic heterocycles. The van der Waals surface area contributed by atoms with Gasteiger partial charge in [-0.3, -0.25) is 0 Å². The molecular formula is C17H20N2O2. The molecule has 1 N–H and O–H groups in total. The van der Waals surface area contributed by atoms with Gasteiger partial charge in [-0.15, -0.1) is 0 Å². The molecule has 4 rings (SSSR count). The van der Waals surface area contributed by atoms with Crippen LogP contribution in [-0.2, 0) is 4.74 Å². The number of para-hydroxylation sites is 1. The molecule has 0 aliphatic carbocycles. The lowest BCUT2D eigenvalue weighted by Crippen LogP contribution is -2.43. The molecule has 2 fully saturated rings. The summed E-state index contributed by atoms with van der Waals surface area (Å²) in [4.78, 5) is 17.1. The van der Waals surface area contributed by atoms with Gasteiger partial charge in [-0.2, -0.15) is 0 Å². The number of aromatic nitrogens is 1. The van der Waals surface area contributed by atoms with E-state index in [4.69, 9.17) is 13.0 Å². The topological polar surface area (TPSA) is 45.3 Å². The molecule has 2 aromatic rings. The molecule has 2 aliphatic rings. The van der Waals surface area contributed by atoms with E-state index >= 15 is 0 Å². The number of carbonyl (C=O) groups excluding carboxylic acids is 1. The second-order valence-electron chi connectivity index (χ2n) is 5.80. The van der Waals surface area contributed by atoms with Gasteiger partial charge in [0.05, 0.1) is 9.68 Å². The van der Waals surface area contributed by atoms with Gasteiger partial charge in [0.1, 0.15) is 6.10 Å². The molecule has 21 heavy (non-hydrogen) atoms. The number of H-pyrrole nitrogens is 1. The predicted molar refractivity (Wildman–Crippen MR) is 81.3 cm³/mol. The molecular weight excluding hydrogens is 264 g/mol. The first-order valence-electron chi connectivity index (χ1n) is 10.2. The number of esters is 1. The highest BCUT2D eigenvalue weighted by molar-refractivity contribution is 6.04. The molecule has 1 aromatic heterocycles. The van der Waals surface area contributed by atoms with Crippen LogP contribution in [0.3, 0.4) is 0 Å². The van der Waals surface area contributed by atoms with Crippen molar-refractivity contribution in [2.75, 3.05) is 6.98 Å². The number of piperidine rings is 1. The fourth-order valence-corrected chi connectivity index (χ4v) is 3.49. The summed E-state index contributed by atoms with van der Waals surface area (Å²) in [5.74, 6) is -0.585. The molecule has 2 unspecified atom stereocenters. The van der Waals surface area contributed by atoms with Gasteiger partial charge in [0.2, 0.25) is 0 Å². The molecule has 1 aromatic carbocycles. The van der Waals surface area contributed by atoms with E-state index in [9.17, 15) is 4.79 Å². The third kappa shape index (κ3) is 2.14. The number of fused-ring (bicyclic) bond motifs is 3. The highest BCUT2D eigenvalue weighted by Crippen LogP contribution is 2.35. The Kier molecular flexibility index (Phi) is 1.86. The van der Waals surface area contributed by atoms with E-state index < -0.39 is 12.9 Å². The molecule has 4 nitrogen and oxygen atoms in total. The van der Waals surface area contributed by atoms with Crippen molar-refractivity contribution in [1.29, 1.82) is 0 Å². The Morgan fingerprint density at radius 1 is 1.43 bits per heavy atom. The zero-order chi connectivity index (χ0) is 19.5. The van der Waals surface area contributed by atoms with E-state index in [1.165, 1.54) is 12.3 Å². The van der Waals surface area contributed by atoms with Crippen LogP contribution in [0.15, 0.2) is 30.4 Å². The minimum Gasteiger partial charge on any atom is -0.459 e. The number of benzene rings is 1. The standard InChI is InChI=1S/C17H20N2O2/c1-19-11-6-7-12(19)9-13(8-11)21-17(20)15-10-18-16-5-3-2-4-14(15)16/h2-5,10-13,18H,6-9H2,1H3/i1D3,3D,4D,5D.